The normalized spacial score (nSPS) is 36.0. The third kappa shape index (κ3) is 2.84. The Morgan fingerprint density at radius 1 is 1.35 bits per heavy atom. The predicted molar refractivity (Wildman–Crippen MR) is 87.8 cm³/mol. The quantitative estimate of drug-likeness (QED) is 0.764. The Labute approximate surface area is 131 Å². The fourth-order valence-electron chi connectivity index (χ4n) is 4.24. The summed E-state index contributed by atoms with van der Waals surface area (Å²) in [4.78, 5) is 14.2. The zero-order valence-corrected chi connectivity index (χ0v) is 13.8. The number of amides is 1. The van der Waals surface area contributed by atoms with E-state index in [1.165, 1.54) is 25.7 Å². The van der Waals surface area contributed by atoms with Gasteiger partial charge in [0, 0.05) is 6.54 Å². The molecule has 0 unspecified atom stereocenters. The highest BCUT2D eigenvalue weighted by Crippen LogP contribution is 2.49. The molecule has 1 heterocycles. The standard InChI is InChI=1S/C15H24N2OS2/c1-20-7-5-13-14(18)17(15(19)16-13)6-4-12-9-10-2-3-11(12)8-10/h10-13H,2-9H2,1H3,(H,16,19)/t10-,11-,12+,13+/m0/s1. The van der Waals surface area contributed by atoms with Crippen LogP contribution in [0.5, 0.6) is 0 Å². The minimum atomic E-state index is -0.0741. The molecule has 4 atom stereocenters. The van der Waals surface area contributed by atoms with Gasteiger partial charge in [-0.15, -0.1) is 0 Å². The number of hydrogen-bond acceptors (Lipinski definition) is 3. The maximum absolute atomic E-state index is 12.4. The van der Waals surface area contributed by atoms with Crippen molar-refractivity contribution in [3.05, 3.63) is 0 Å². The van der Waals surface area contributed by atoms with Gasteiger partial charge in [0.25, 0.3) is 5.91 Å². The summed E-state index contributed by atoms with van der Waals surface area (Å²) >= 11 is 7.12. The van der Waals surface area contributed by atoms with Crippen molar-refractivity contribution < 1.29 is 4.79 Å². The second-order valence-corrected chi connectivity index (χ2v) is 7.87. The first-order valence-electron chi connectivity index (χ1n) is 7.80. The Morgan fingerprint density at radius 3 is 2.85 bits per heavy atom. The van der Waals surface area contributed by atoms with E-state index in [-0.39, 0.29) is 11.9 Å². The second-order valence-electron chi connectivity index (χ2n) is 6.50. The lowest BCUT2D eigenvalue weighted by atomic mass is 9.86. The lowest BCUT2D eigenvalue weighted by molar-refractivity contribution is -0.127. The van der Waals surface area contributed by atoms with Gasteiger partial charge in [0.1, 0.15) is 6.04 Å². The van der Waals surface area contributed by atoms with Gasteiger partial charge in [-0.2, -0.15) is 11.8 Å². The van der Waals surface area contributed by atoms with Crippen LogP contribution in [-0.2, 0) is 4.79 Å². The molecule has 3 rings (SSSR count). The highest BCUT2D eigenvalue weighted by atomic mass is 32.2. The van der Waals surface area contributed by atoms with Gasteiger partial charge in [0.05, 0.1) is 0 Å². The molecule has 20 heavy (non-hydrogen) atoms. The van der Waals surface area contributed by atoms with Crippen molar-refractivity contribution in [3.63, 3.8) is 0 Å². The van der Waals surface area contributed by atoms with Crippen molar-refractivity contribution >= 4 is 35.0 Å². The summed E-state index contributed by atoms with van der Waals surface area (Å²) in [6.45, 7) is 0.828. The van der Waals surface area contributed by atoms with E-state index >= 15 is 0 Å². The van der Waals surface area contributed by atoms with Crippen molar-refractivity contribution in [2.24, 2.45) is 17.8 Å². The van der Waals surface area contributed by atoms with E-state index in [4.69, 9.17) is 12.2 Å². The van der Waals surface area contributed by atoms with Crippen LogP contribution in [0.2, 0.25) is 0 Å². The summed E-state index contributed by atoms with van der Waals surface area (Å²) in [5.74, 6) is 3.97. The largest absolute Gasteiger partial charge is 0.350 e. The molecule has 2 aliphatic carbocycles. The maximum atomic E-state index is 12.4. The molecule has 112 valence electrons. The first-order valence-corrected chi connectivity index (χ1v) is 9.60. The predicted octanol–water partition coefficient (Wildman–Crippen LogP) is 2.65. The van der Waals surface area contributed by atoms with E-state index in [0.29, 0.717) is 5.11 Å². The van der Waals surface area contributed by atoms with Gasteiger partial charge < -0.3 is 5.32 Å². The number of carbonyl (C=O) groups excluding carboxylic acids is 1. The number of nitrogens with zero attached hydrogens (tertiary/aromatic N) is 1. The van der Waals surface area contributed by atoms with Gasteiger partial charge in [-0.25, -0.2) is 0 Å². The number of nitrogens with one attached hydrogen (secondary N) is 1. The minimum Gasteiger partial charge on any atom is -0.350 e. The zero-order chi connectivity index (χ0) is 14.1. The summed E-state index contributed by atoms with van der Waals surface area (Å²) in [7, 11) is 0. The van der Waals surface area contributed by atoms with E-state index in [0.717, 1.165) is 42.9 Å². The lowest BCUT2D eigenvalue weighted by Gasteiger charge is -2.24. The van der Waals surface area contributed by atoms with Crippen molar-refractivity contribution in [1.82, 2.24) is 10.2 Å². The first-order chi connectivity index (χ1) is 9.69. The average Bonchev–Trinajstić information content (AvgIpc) is 3.11. The molecule has 2 saturated carbocycles. The molecule has 0 aromatic rings. The Kier molecular flexibility index (Phi) is 4.55. The smallest absolute Gasteiger partial charge is 0.251 e. The lowest BCUT2D eigenvalue weighted by Crippen LogP contribution is -2.33. The summed E-state index contributed by atoms with van der Waals surface area (Å²) in [5.41, 5.74) is 0. The van der Waals surface area contributed by atoms with Crippen LogP contribution in [0, 0.1) is 17.8 Å². The van der Waals surface area contributed by atoms with E-state index in [9.17, 15) is 4.79 Å². The Morgan fingerprint density at radius 2 is 2.20 bits per heavy atom. The molecular formula is C15H24N2OS2. The highest BCUT2D eigenvalue weighted by Gasteiger charge is 2.40. The van der Waals surface area contributed by atoms with Crippen molar-refractivity contribution in [3.8, 4) is 0 Å². The fourth-order valence-corrected chi connectivity index (χ4v) is 5.04. The molecular weight excluding hydrogens is 288 g/mol. The van der Waals surface area contributed by atoms with Gasteiger partial charge in [0.2, 0.25) is 0 Å². The summed E-state index contributed by atoms with van der Waals surface area (Å²) in [5, 5.41) is 3.85. The molecule has 0 aromatic carbocycles. The molecule has 3 aliphatic rings. The second kappa shape index (κ2) is 6.22. The van der Waals surface area contributed by atoms with Crippen molar-refractivity contribution in [2.75, 3.05) is 18.6 Å². The molecule has 1 saturated heterocycles. The molecule has 1 amide bonds. The van der Waals surface area contributed by atoms with E-state index < -0.39 is 0 Å². The van der Waals surface area contributed by atoms with Crippen LogP contribution in [0.15, 0.2) is 0 Å². The number of thiocarbonyl (C=S) groups is 1. The van der Waals surface area contributed by atoms with Crippen LogP contribution >= 0.6 is 24.0 Å². The van der Waals surface area contributed by atoms with Crippen molar-refractivity contribution in [1.29, 1.82) is 0 Å². The summed E-state index contributed by atoms with van der Waals surface area (Å²) < 4.78 is 0. The molecule has 1 N–H and O–H groups in total. The van der Waals surface area contributed by atoms with E-state index in [1.54, 1.807) is 11.8 Å². The van der Waals surface area contributed by atoms with Crippen LogP contribution in [0.3, 0.4) is 0 Å². The zero-order valence-electron chi connectivity index (χ0n) is 12.1. The summed E-state index contributed by atoms with van der Waals surface area (Å²) in [6.07, 6.45) is 9.79. The van der Waals surface area contributed by atoms with Crippen molar-refractivity contribution in [2.45, 2.75) is 44.6 Å². The number of fused-ring (bicyclic) bond motifs is 2. The molecule has 0 aromatic heterocycles. The van der Waals surface area contributed by atoms with Gasteiger partial charge in [-0.05, 0) is 74.1 Å². The Balaban J connectivity index is 1.50. The number of rotatable bonds is 6. The molecule has 1 aliphatic heterocycles. The topological polar surface area (TPSA) is 32.3 Å². The molecule has 3 nitrogen and oxygen atoms in total. The van der Waals surface area contributed by atoms with E-state index in [1.807, 2.05) is 4.90 Å². The number of hydrogen-bond donors (Lipinski definition) is 1. The van der Waals surface area contributed by atoms with Crippen LogP contribution in [-0.4, -0.2) is 40.5 Å². The molecule has 5 heteroatoms. The van der Waals surface area contributed by atoms with Crippen LogP contribution in [0.4, 0.5) is 0 Å². The van der Waals surface area contributed by atoms with Crippen LogP contribution < -0.4 is 5.32 Å². The van der Waals surface area contributed by atoms with Gasteiger partial charge in [-0.1, -0.05) is 6.42 Å². The third-order valence-corrected chi connectivity index (χ3v) is 6.31. The fraction of sp³-hybridized carbons (Fsp3) is 0.867. The molecule has 2 bridgehead atoms. The number of carbonyl (C=O) groups is 1. The molecule has 0 radical (unpaired) electrons. The SMILES string of the molecule is CSCC[C@H]1NC(=S)N(CC[C@@H]2C[C@H]3CC[C@H]2C3)C1=O. The first kappa shape index (κ1) is 14.6. The monoisotopic (exact) mass is 312 g/mol. The van der Waals surface area contributed by atoms with E-state index in [2.05, 4.69) is 11.6 Å². The Bertz CT molecular complexity index is 401. The minimum absolute atomic E-state index is 0.0741. The van der Waals surface area contributed by atoms with Gasteiger partial charge in [-0.3, -0.25) is 9.69 Å². The number of thioether (sulfide) groups is 1. The third-order valence-electron chi connectivity index (χ3n) is 5.33. The average molecular weight is 313 g/mol. The Hall–Kier alpha value is -0.290. The molecule has 0 spiro atoms. The summed E-state index contributed by atoms with van der Waals surface area (Å²) in [6, 6.07) is -0.0741. The van der Waals surface area contributed by atoms with Crippen LogP contribution in [0.1, 0.15) is 38.5 Å². The van der Waals surface area contributed by atoms with Crippen LogP contribution in [0.25, 0.3) is 0 Å². The maximum Gasteiger partial charge on any atom is 0.251 e. The van der Waals surface area contributed by atoms with Gasteiger partial charge in [0.15, 0.2) is 5.11 Å². The van der Waals surface area contributed by atoms with Gasteiger partial charge >= 0.3 is 0 Å². The highest BCUT2D eigenvalue weighted by molar-refractivity contribution is 7.98. The molecule has 3 fully saturated rings.